The molecule has 18 heavy (non-hydrogen) atoms. The van der Waals surface area contributed by atoms with Gasteiger partial charge in [0.25, 0.3) is 5.91 Å². The van der Waals surface area contributed by atoms with Gasteiger partial charge in [0.1, 0.15) is 5.69 Å². The monoisotopic (exact) mass is 262 g/mol. The molecule has 3 rings (SSSR count). The molecule has 1 saturated heterocycles. The third kappa shape index (κ3) is 2.15. The van der Waals surface area contributed by atoms with Gasteiger partial charge in [0.15, 0.2) is 0 Å². The summed E-state index contributed by atoms with van der Waals surface area (Å²) in [5.41, 5.74) is 2.27. The molecule has 0 radical (unpaired) electrons. The highest BCUT2D eigenvalue weighted by Crippen LogP contribution is 2.22. The molecule has 94 valence electrons. The lowest BCUT2D eigenvalue weighted by Crippen LogP contribution is -2.39. The molecule has 1 aliphatic heterocycles. The molecule has 0 atom stereocenters. The topological polar surface area (TPSA) is 51.0 Å². The fourth-order valence-corrected chi connectivity index (χ4v) is 2.84. The van der Waals surface area contributed by atoms with Crippen molar-refractivity contribution in [3.05, 3.63) is 35.0 Å². The van der Waals surface area contributed by atoms with Crippen LogP contribution in [0.15, 0.2) is 29.4 Å². The van der Waals surface area contributed by atoms with E-state index in [1.807, 2.05) is 27.2 Å². The average molecular weight is 262 g/mol. The van der Waals surface area contributed by atoms with Crippen molar-refractivity contribution < 1.29 is 4.79 Å². The number of hydrogen-bond donors (Lipinski definition) is 0. The maximum atomic E-state index is 12.1. The van der Waals surface area contributed by atoms with Crippen molar-refractivity contribution in [2.45, 2.75) is 18.9 Å². The zero-order chi connectivity index (χ0) is 12.4. The van der Waals surface area contributed by atoms with Crippen LogP contribution < -0.4 is 0 Å². The van der Waals surface area contributed by atoms with Crippen LogP contribution in [0.3, 0.4) is 0 Å². The molecule has 0 saturated carbocycles. The summed E-state index contributed by atoms with van der Waals surface area (Å²) in [6.45, 7) is 1.56. The fourth-order valence-electron chi connectivity index (χ4n) is 2.31. The van der Waals surface area contributed by atoms with Gasteiger partial charge < -0.3 is 4.90 Å². The molecule has 0 aliphatic carbocycles. The molecule has 0 N–H and O–H groups in total. The van der Waals surface area contributed by atoms with Crippen molar-refractivity contribution in [2.24, 2.45) is 0 Å². The van der Waals surface area contributed by atoms with Gasteiger partial charge in [-0.2, -0.15) is 5.10 Å². The molecule has 1 fully saturated rings. The van der Waals surface area contributed by atoms with Crippen molar-refractivity contribution in [1.29, 1.82) is 0 Å². The Labute approximate surface area is 109 Å². The molecule has 3 heterocycles. The van der Waals surface area contributed by atoms with Gasteiger partial charge in [-0.1, -0.05) is 0 Å². The van der Waals surface area contributed by atoms with E-state index in [0.29, 0.717) is 11.7 Å². The Bertz CT molecular complexity index is 500. The van der Waals surface area contributed by atoms with Crippen molar-refractivity contribution in [3.63, 3.8) is 0 Å². The molecule has 2 aromatic heterocycles. The standard InChI is InChI=1S/C12H14N4OS/c17-12(11-8-18-9-13-11)15-6-2-10(3-7-15)16-5-1-4-14-16/h1,4-5,8-10H,2-3,6-7H2. The van der Waals surface area contributed by atoms with Crippen molar-refractivity contribution >= 4 is 17.2 Å². The van der Waals surface area contributed by atoms with Gasteiger partial charge in [0.2, 0.25) is 0 Å². The number of hydrogen-bond acceptors (Lipinski definition) is 4. The van der Waals surface area contributed by atoms with Crippen LogP contribution in [-0.4, -0.2) is 38.7 Å². The number of amides is 1. The Morgan fingerprint density at radius 3 is 2.83 bits per heavy atom. The zero-order valence-corrected chi connectivity index (χ0v) is 10.7. The van der Waals surface area contributed by atoms with Crippen LogP contribution in [0.25, 0.3) is 0 Å². The van der Waals surface area contributed by atoms with E-state index in [1.54, 1.807) is 11.7 Å². The van der Waals surface area contributed by atoms with Gasteiger partial charge in [-0.15, -0.1) is 11.3 Å². The number of aromatic nitrogens is 3. The summed E-state index contributed by atoms with van der Waals surface area (Å²) in [7, 11) is 0. The highest BCUT2D eigenvalue weighted by molar-refractivity contribution is 7.07. The number of likely N-dealkylation sites (tertiary alicyclic amines) is 1. The van der Waals surface area contributed by atoms with Gasteiger partial charge in [0.05, 0.1) is 11.6 Å². The van der Waals surface area contributed by atoms with Crippen LogP contribution in [0.5, 0.6) is 0 Å². The van der Waals surface area contributed by atoms with Crippen LogP contribution in [0.2, 0.25) is 0 Å². The number of carbonyl (C=O) groups is 1. The number of thiazole rings is 1. The lowest BCUT2D eigenvalue weighted by molar-refractivity contribution is 0.0685. The average Bonchev–Trinajstić information content (AvgIpc) is 3.11. The van der Waals surface area contributed by atoms with E-state index in [1.165, 1.54) is 11.3 Å². The maximum absolute atomic E-state index is 12.1. The Morgan fingerprint density at radius 2 is 2.22 bits per heavy atom. The fraction of sp³-hybridized carbons (Fsp3) is 0.417. The first-order chi connectivity index (χ1) is 8.84. The van der Waals surface area contributed by atoms with Crippen LogP contribution in [0.4, 0.5) is 0 Å². The summed E-state index contributed by atoms with van der Waals surface area (Å²) in [4.78, 5) is 18.1. The van der Waals surface area contributed by atoms with E-state index in [-0.39, 0.29) is 5.91 Å². The molecular weight excluding hydrogens is 248 g/mol. The van der Waals surface area contributed by atoms with E-state index in [4.69, 9.17) is 0 Å². The quantitative estimate of drug-likeness (QED) is 0.829. The van der Waals surface area contributed by atoms with Gasteiger partial charge in [-0.05, 0) is 18.9 Å². The summed E-state index contributed by atoms with van der Waals surface area (Å²) in [5, 5.41) is 6.07. The Kier molecular flexibility index (Phi) is 3.10. The van der Waals surface area contributed by atoms with Gasteiger partial charge >= 0.3 is 0 Å². The second-order valence-corrected chi connectivity index (χ2v) is 5.10. The van der Waals surface area contributed by atoms with E-state index in [0.717, 1.165) is 25.9 Å². The van der Waals surface area contributed by atoms with E-state index < -0.39 is 0 Å². The first-order valence-corrected chi connectivity index (χ1v) is 6.95. The summed E-state index contributed by atoms with van der Waals surface area (Å²) in [5.74, 6) is 0.0511. The van der Waals surface area contributed by atoms with Crippen LogP contribution in [0, 0.1) is 0 Å². The van der Waals surface area contributed by atoms with Crippen LogP contribution >= 0.6 is 11.3 Å². The lowest BCUT2D eigenvalue weighted by Gasteiger charge is -2.31. The predicted octanol–water partition coefficient (Wildman–Crippen LogP) is 1.82. The molecule has 1 amide bonds. The first-order valence-electron chi connectivity index (χ1n) is 6.01. The molecular formula is C12H14N4OS. The van der Waals surface area contributed by atoms with Crippen LogP contribution in [0.1, 0.15) is 29.4 Å². The van der Waals surface area contributed by atoms with Crippen molar-refractivity contribution in [2.75, 3.05) is 13.1 Å². The number of rotatable bonds is 2. The third-order valence-electron chi connectivity index (χ3n) is 3.30. The minimum atomic E-state index is 0.0511. The van der Waals surface area contributed by atoms with Crippen molar-refractivity contribution in [3.8, 4) is 0 Å². The molecule has 0 spiro atoms. The Morgan fingerprint density at radius 1 is 1.39 bits per heavy atom. The lowest BCUT2D eigenvalue weighted by atomic mass is 10.1. The minimum absolute atomic E-state index is 0.0511. The van der Waals surface area contributed by atoms with Crippen LogP contribution in [-0.2, 0) is 0 Å². The van der Waals surface area contributed by atoms with Gasteiger partial charge in [0, 0.05) is 30.9 Å². The third-order valence-corrected chi connectivity index (χ3v) is 3.89. The molecule has 6 heteroatoms. The molecule has 0 bridgehead atoms. The second kappa shape index (κ2) is 4.89. The zero-order valence-electron chi connectivity index (χ0n) is 9.90. The summed E-state index contributed by atoms with van der Waals surface area (Å²) >= 11 is 1.46. The SMILES string of the molecule is O=C(c1cscn1)N1CCC(n2cccn2)CC1. The number of carbonyl (C=O) groups excluding carboxylic acids is 1. The van der Waals surface area contributed by atoms with Crippen molar-refractivity contribution in [1.82, 2.24) is 19.7 Å². The molecule has 0 aromatic carbocycles. The number of nitrogens with zero attached hydrogens (tertiary/aromatic N) is 4. The summed E-state index contributed by atoms with van der Waals surface area (Å²) < 4.78 is 1.99. The normalized spacial score (nSPS) is 17.0. The van der Waals surface area contributed by atoms with E-state index in [9.17, 15) is 4.79 Å². The summed E-state index contributed by atoms with van der Waals surface area (Å²) in [6.07, 6.45) is 5.70. The molecule has 5 nitrogen and oxygen atoms in total. The number of piperidine rings is 1. The second-order valence-electron chi connectivity index (χ2n) is 4.38. The first kappa shape index (κ1) is 11.4. The smallest absolute Gasteiger partial charge is 0.273 e. The maximum Gasteiger partial charge on any atom is 0.273 e. The van der Waals surface area contributed by atoms with Gasteiger partial charge in [-0.25, -0.2) is 4.98 Å². The van der Waals surface area contributed by atoms with E-state index in [2.05, 4.69) is 10.1 Å². The highest BCUT2D eigenvalue weighted by atomic mass is 32.1. The van der Waals surface area contributed by atoms with Gasteiger partial charge in [-0.3, -0.25) is 9.48 Å². The largest absolute Gasteiger partial charge is 0.337 e. The predicted molar refractivity (Wildman–Crippen MR) is 68.5 cm³/mol. The molecule has 0 unspecified atom stereocenters. The highest BCUT2D eigenvalue weighted by Gasteiger charge is 2.25. The Hall–Kier alpha value is -1.69. The minimum Gasteiger partial charge on any atom is -0.337 e. The molecule has 1 aliphatic rings. The summed E-state index contributed by atoms with van der Waals surface area (Å²) in [6, 6.07) is 2.35. The molecule has 2 aromatic rings. The van der Waals surface area contributed by atoms with E-state index >= 15 is 0 Å². The Balaban J connectivity index is 1.62.